The summed E-state index contributed by atoms with van der Waals surface area (Å²) in [5, 5.41) is 3.41. The minimum Gasteiger partial charge on any atom is -0.372 e. The molecule has 4 heteroatoms. The van der Waals surface area contributed by atoms with Crippen LogP contribution in [0.1, 0.15) is 39.5 Å². The van der Waals surface area contributed by atoms with Crippen LogP contribution in [0, 0.1) is 0 Å². The lowest BCUT2D eigenvalue weighted by atomic mass is 10.1. The average molecular weight is 281 g/mol. The van der Waals surface area contributed by atoms with Gasteiger partial charge in [0.25, 0.3) is 0 Å². The fraction of sp³-hybridized carbons (Fsp3) is 1.00. The number of likely N-dealkylation sites (N-methyl/N-ethyl adjacent to an activating group) is 1. The Bertz CT molecular complexity index is 312. The van der Waals surface area contributed by atoms with Gasteiger partial charge in [-0.15, -0.1) is 0 Å². The Hall–Kier alpha value is -0.160. The zero-order valence-corrected chi connectivity index (χ0v) is 13.2. The van der Waals surface area contributed by atoms with Gasteiger partial charge in [0.2, 0.25) is 0 Å². The Morgan fingerprint density at radius 3 is 2.85 bits per heavy atom. The maximum Gasteiger partial charge on any atom is 0.0707 e. The van der Waals surface area contributed by atoms with Gasteiger partial charge in [-0.1, -0.05) is 6.92 Å². The lowest BCUT2D eigenvalue weighted by Gasteiger charge is -2.43. The van der Waals surface area contributed by atoms with Crippen LogP contribution in [0.2, 0.25) is 0 Å². The van der Waals surface area contributed by atoms with Crippen LogP contribution in [-0.4, -0.2) is 73.4 Å². The summed E-state index contributed by atoms with van der Waals surface area (Å²) in [6, 6.07) is 1.52. The van der Waals surface area contributed by atoms with E-state index in [1.54, 1.807) is 0 Å². The number of hydrogen-bond donors (Lipinski definition) is 1. The first-order valence-electron chi connectivity index (χ1n) is 8.60. The molecular weight excluding hydrogens is 250 g/mol. The standard InChI is InChI=1S/C16H31N3O/c1-3-17-9-15-6-7-16(20-15)12-19-11-14-5-4-8-18(14)10-13(19)2/h13-17H,3-12H2,1-2H3. The van der Waals surface area contributed by atoms with Gasteiger partial charge < -0.3 is 10.1 Å². The molecule has 1 N–H and O–H groups in total. The first-order valence-corrected chi connectivity index (χ1v) is 8.60. The molecule has 0 radical (unpaired) electrons. The summed E-state index contributed by atoms with van der Waals surface area (Å²) >= 11 is 0. The fourth-order valence-corrected chi connectivity index (χ4v) is 4.13. The van der Waals surface area contributed by atoms with Gasteiger partial charge in [-0.2, -0.15) is 0 Å². The molecule has 3 aliphatic rings. The largest absolute Gasteiger partial charge is 0.372 e. The van der Waals surface area contributed by atoms with Crippen molar-refractivity contribution in [3.05, 3.63) is 0 Å². The summed E-state index contributed by atoms with van der Waals surface area (Å²) < 4.78 is 6.21. The van der Waals surface area contributed by atoms with E-state index in [-0.39, 0.29) is 0 Å². The molecule has 0 saturated carbocycles. The van der Waals surface area contributed by atoms with Crippen LogP contribution in [0.3, 0.4) is 0 Å². The molecule has 20 heavy (non-hydrogen) atoms. The third-order valence-corrected chi connectivity index (χ3v) is 5.32. The van der Waals surface area contributed by atoms with Crippen molar-refractivity contribution in [2.24, 2.45) is 0 Å². The molecule has 0 aromatic heterocycles. The minimum absolute atomic E-state index is 0.447. The molecule has 0 bridgehead atoms. The topological polar surface area (TPSA) is 27.7 Å². The average Bonchev–Trinajstić information content (AvgIpc) is 3.06. The summed E-state index contributed by atoms with van der Waals surface area (Å²) in [7, 11) is 0. The van der Waals surface area contributed by atoms with E-state index in [0.717, 1.165) is 25.7 Å². The highest BCUT2D eigenvalue weighted by Gasteiger charge is 2.36. The molecule has 0 aliphatic carbocycles. The van der Waals surface area contributed by atoms with Crippen LogP contribution in [0.4, 0.5) is 0 Å². The molecule has 3 fully saturated rings. The molecule has 3 rings (SSSR count). The van der Waals surface area contributed by atoms with E-state index in [1.807, 2.05) is 0 Å². The number of hydrogen-bond acceptors (Lipinski definition) is 4. The molecule has 3 heterocycles. The van der Waals surface area contributed by atoms with Crippen molar-refractivity contribution in [3.8, 4) is 0 Å². The lowest BCUT2D eigenvalue weighted by Crippen LogP contribution is -2.56. The summed E-state index contributed by atoms with van der Waals surface area (Å²) in [4.78, 5) is 5.39. The molecule has 4 atom stereocenters. The third-order valence-electron chi connectivity index (χ3n) is 5.32. The fourth-order valence-electron chi connectivity index (χ4n) is 4.13. The highest BCUT2D eigenvalue weighted by Crippen LogP contribution is 2.27. The van der Waals surface area contributed by atoms with E-state index in [9.17, 15) is 0 Å². The highest BCUT2D eigenvalue weighted by molar-refractivity contribution is 4.92. The number of nitrogens with one attached hydrogen (secondary N) is 1. The van der Waals surface area contributed by atoms with Gasteiger partial charge >= 0.3 is 0 Å². The maximum atomic E-state index is 6.21. The van der Waals surface area contributed by atoms with Crippen molar-refractivity contribution in [2.45, 2.75) is 63.8 Å². The Morgan fingerprint density at radius 1 is 1.15 bits per heavy atom. The highest BCUT2D eigenvalue weighted by atomic mass is 16.5. The van der Waals surface area contributed by atoms with E-state index >= 15 is 0 Å². The van der Waals surface area contributed by atoms with Crippen LogP contribution in [0.15, 0.2) is 0 Å². The molecule has 0 amide bonds. The van der Waals surface area contributed by atoms with Gasteiger partial charge in [0.05, 0.1) is 12.2 Å². The molecule has 3 saturated heterocycles. The number of nitrogens with zero attached hydrogens (tertiary/aromatic N) is 2. The molecule has 116 valence electrons. The molecule has 0 aromatic rings. The van der Waals surface area contributed by atoms with Crippen LogP contribution < -0.4 is 5.32 Å². The van der Waals surface area contributed by atoms with Crippen molar-refractivity contribution in [1.29, 1.82) is 0 Å². The van der Waals surface area contributed by atoms with Gasteiger partial charge in [-0.3, -0.25) is 9.80 Å². The van der Waals surface area contributed by atoms with E-state index < -0.39 is 0 Å². The molecule has 4 nitrogen and oxygen atoms in total. The number of rotatable bonds is 5. The molecular formula is C16H31N3O. The quantitative estimate of drug-likeness (QED) is 0.822. The first-order chi connectivity index (χ1) is 9.76. The monoisotopic (exact) mass is 281 g/mol. The third kappa shape index (κ3) is 3.35. The van der Waals surface area contributed by atoms with E-state index in [0.29, 0.717) is 18.2 Å². The van der Waals surface area contributed by atoms with Crippen LogP contribution in [0.5, 0.6) is 0 Å². The summed E-state index contributed by atoms with van der Waals surface area (Å²) in [5.74, 6) is 0. The van der Waals surface area contributed by atoms with Crippen LogP contribution >= 0.6 is 0 Å². The minimum atomic E-state index is 0.447. The predicted molar refractivity (Wildman–Crippen MR) is 82.1 cm³/mol. The normalized spacial score (nSPS) is 39.3. The Morgan fingerprint density at radius 2 is 2.00 bits per heavy atom. The summed E-state index contributed by atoms with van der Waals surface area (Å²) in [6.07, 6.45) is 6.19. The number of fused-ring (bicyclic) bond motifs is 1. The Labute approximate surface area is 123 Å². The van der Waals surface area contributed by atoms with E-state index in [1.165, 1.54) is 45.3 Å². The summed E-state index contributed by atoms with van der Waals surface area (Å²) in [5.41, 5.74) is 0. The number of ether oxygens (including phenoxy) is 1. The second kappa shape index (κ2) is 6.73. The van der Waals surface area contributed by atoms with Crippen molar-refractivity contribution >= 4 is 0 Å². The second-order valence-corrected chi connectivity index (χ2v) is 6.86. The summed E-state index contributed by atoms with van der Waals surface area (Å²) in [6.45, 7) is 11.6. The zero-order chi connectivity index (χ0) is 13.9. The Kier molecular flexibility index (Phi) is 4.97. The molecule has 0 aromatic carbocycles. The maximum absolute atomic E-state index is 6.21. The second-order valence-electron chi connectivity index (χ2n) is 6.86. The smallest absolute Gasteiger partial charge is 0.0707 e. The van der Waals surface area contributed by atoms with Gasteiger partial charge in [0, 0.05) is 38.3 Å². The van der Waals surface area contributed by atoms with Crippen molar-refractivity contribution in [1.82, 2.24) is 15.1 Å². The molecule has 0 spiro atoms. The van der Waals surface area contributed by atoms with Gasteiger partial charge in [-0.05, 0) is 45.7 Å². The van der Waals surface area contributed by atoms with Crippen LogP contribution in [0.25, 0.3) is 0 Å². The van der Waals surface area contributed by atoms with Gasteiger partial charge in [0.15, 0.2) is 0 Å². The zero-order valence-electron chi connectivity index (χ0n) is 13.2. The predicted octanol–water partition coefficient (Wildman–Crippen LogP) is 1.31. The lowest BCUT2D eigenvalue weighted by molar-refractivity contribution is -0.0100. The van der Waals surface area contributed by atoms with E-state index in [4.69, 9.17) is 4.74 Å². The van der Waals surface area contributed by atoms with Crippen LogP contribution in [-0.2, 0) is 4.74 Å². The molecule has 4 unspecified atom stereocenters. The van der Waals surface area contributed by atoms with Crippen molar-refractivity contribution < 1.29 is 4.74 Å². The number of piperazine rings is 1. The molecule has 3 aliphatic heterocycles. The van der Waals surface area contributed by atoms with Crippen molar-refractivity contribution in [3.63, 3.8) is 0 Å². The Balaban J connectivity index is 1.46. The van der Waals surface area contributed by atoms with Gasteiger partial charge in [0.1, 0.15) is 0 Å². The van der Waals surface area contributed by atoms with Crippen molar-refractivity contribution in [2.75, 3.05) is 39.3 Å². The van der Waals surface area contributed by atoms with E-state index in [2.05, 4.69) is 29.0 Å². The van der Waals surface area contributed by atoms with Gasteiger partial charge in [-0.25, -0.2) is 0 Å². The first kappa shape index (κ1) is 14.8. The SMILES string of the molecule is CCNCC1CCC(CN2CC3CCCN3CC2C)O1.